The van der Waals surface area contributed by atoms with Crippen molar-refractivity contribution in [2.75, 3.05) is 19.8 Å². The molecule has 5 rings (SSSR count). The van der Waals surface area contributed by atoms with Crippen molar-refractivity contribution >= 4 is 16.7 Å². The normalized spacial score (nSPS) is 15.1. The summed E-state index contributed by atoms with van der Waals surface area (Å²) >= 11 is 0. The van der Waals surface area contributed by atoms with Gasteiger partial charge in [0.25, 0.3) is 5.56 Å². The number of pyridine rings is 1. The van der Waals surface area contributed by atoms with Crippen molar-refractivity contribution in [3.05, 3.63) is 100 Å². The molecule has 1 unspecified atom stereocenters. The van der Waals surface area contributed by atoms with Gasteiger partial charge in [0.05, 0.1) is 36.5 Å². The van der Waals surface area contributed by atoms with E-state index in [9.17, 15) is 9.59 Å². The maximum absolute atomic E-state index is 13.6. The Morgan fingerprint density at radius 3 is 2.70 bits per heavy atom. The molecule has 37 heavy (non-hydrogen) atoms. The lowest BCUT2D eigenvalue weighted by atomic mass is 10.1. The molecule has 2 aromatic carbocycles. The average molecular weight is 499 g/mol. The van der Waals surface area contributed by atoms with E-state index < -0.39 is 0 Å². The summed E-state index contributed by atoms with van der Waals surface area (Å²) in [6, 6.07) is 20.7. The number of hydrogen-bond acceptors (Lipinski definition) is 6. The third-order valence-corrected chi connectivity index (χ3v) is 6.55. The second kappa shape index (κ2) is 11.3. The van der Waals surface area contributed by atoms with Gasteiger partial charge in [-0.05, 0) is 49.2 Å². The highest BCUT2D eigenvalue weighted by Gasteiger charge is 2.19. The number of fused-ring (bicyclic) bond motifs is 1. The highest BCUT2D eigenvalue weighted by atomic mass is 16.5. The van der Waals surface area contributed by atoms with Gasteiger partial charge in [-0.25, -0.2) is 4.68 Å². The lowest BCUT2D eigenvalue weighted by Crippen LogP contribution is -2.37. The summed E-state index contributed by atoms with van der Waals surface area (Å²) in [4.78, 5) is 32.7. The Labute approximate surface area is 215 Å². The zero-order valence-electron chi connectivity index (χ0n) is 20.9. The molecule has 0 aliphatic carbocycles. The summed E-state index contributed by atoms with van der Waals surface area (Å²) in [5, 5.41) is 5.77. The van der Waals surface area contributed by atoms with E-state index in [1.54, 1.807) is 17.2 Å². The Morgan fingerprint density at radius 2 is 1.92 bits per heavy atom. The molecule has 0 saturated carbocycles. The number of carbonyl (C=O) groups is 1. The second-order valence-corrected chi connectivity index (χ2v) is 9.35. The van der Waals surface area contributed by atoms with Gasteiger partial charge in [-0.15, -0.1) is 0 Å². The third kappa shape index (κ3) is 6.03. The van der Waals surface area contributed by atoms with Crippen LogP contribution in [0.15, 0.2) is 77.7 Å². The van der Waals surface area contributed by atoms with Gasteiger partial charge in [0.2, 0.25) is 5.91 Å². The summed E-state index contributed by atoms with van der Waals surface area (Å²) in [5.41, 5.74) is 2.12. The molecule has 4 aromatic rings. The number of aromatic nitrogens is 3. The van der Waals surface area contributed by atoms with Gasteiger partial charge >= 0.3 is 0 Å². The first-order valence-corrected chi connectivity index (χ1v) is 12.5. The highest BCUT2D eigenvalue weighted by Crippen LogP contribution is 2.20. The van der Waals surface area contributed by atoms with E-state index in [1.807, 2.05) is 67.6 Å². The Morgan fingerprint density at radius 1 is 1.08 bits per heavy atom. The molecule has 0 N–H and O–H groups in total. The summed E-state index contributed by atoms with van der Waals surface area (Å²) in [7, 11) is 0. The molecule has 2 aromatic heterocycles. The van der Waals surface area contributed by atoms with Crippen LogP contribution < -0.4 is 10.3 Å². The predicted octanol–water partition coefficient (Wildman–Crippen LogP) is 3.74. The molecule has 1 atom stereocenters. The molecule has 0 radical (unpaired) electrons. The number of nitrogens with zero attached hydrogens (tertiary/aromatic N) is 4. The summed E-state index contributed by atoms with van der Waals surface area (Å²) < 4.78 is 12.7. The van der Waals surface area contributed by atoms with Crippen LogP contribution in [0.2, 0.25) is 0 Å². The van der Waals surface area contributed by atoms with Crippen LogP contribution in [0.1, 0.15) is 23.4 Å². The first-order valence-electron chi connectivity index (χ1n) is 12.5. The minimum Gasteiger partial charge on any atom is -0.493 e. The van der Waals surface area contributed by atoms with Crippen LogP contribution in [0, 0.1) is 12.8 Å². The Bertz CT molecular complexity index is 1430. The van der Waals surface area contributed by atoms with Crippen molar-refractivity contribution in [2.24, 2.45) is 5.92 Å². The number of hydrogen-bond donors (Lipinski definition) is 0. The van der Waals surface area contributed by atoms with Crippen molar-refractivity contribution in [2.45, 2.75) is 33.0 Å². The second-order valence-electron chi connectivity index (χ2n) is 9.35. The standard InChI is InChI=1S/C29H30N4O4/c1-21-26-10-2-3-11-27(26)29(35)33(31-21)18-28(34)32(17-24-8-4-5-13-30-24)16-22-7-6-9-25(15-22)37-20-23-12-14-36-19-23/h2-11,13,15,23H,12,14,16-20H2,1H3. The maximum Gasteiger partial charge on any atom is 0.275 e. The average Bonchev–Trinajstić information content (AvgIpc) is 3.45. The van der Waals surface area contributed by atoms with Gasteiger partial charge in [0.15, 0.2) is 0 Å². The molecule has 8 nitrogen and oxygen atoms in total. The lowest BCUT2D eigenvalue weighted by Gasteiger charge is -2.23. The SMILES string of the molecule is Cc1nn(CC(=O)N(Cc2cccc(OCC3CCOC3)c2)Cc2ccccn2)c(=O)c2ccccc12. The smallest absolute Gasteiger partial charge is 0.275 e. The minimum absolute atomic E-state index is 0.158. The molecule has 3 heterocycles. The van der Waals surface area contributed by atoms with E-state index in [2.05, 4.69) is 10.1 Å². The van der Waals surface area contributed by atoms with E-state index >= 15 is 0 Å². The first-order chi connectivity index (χ1) is 18.1. The van der Waals surface area contributed by atoms with Crippen LogP contribution in [-0.2, 0) is 29.2 Å². The predicted molar refractivity (Wildman–Crippen MR) is 140 cm³/mol. The van der Waals surface area contributed by atoms with Crippen molar-refractivity contribution in [1.29, 1.82) is 0 Å². The van der Waals surface area contributed by atoms with Crippen LogP contribution >= 0.6 is 0 Å². The topological polar surface area (TPSA) is 86.6 Å². The molecular formula is C29H30N4O4. The van der Waals surface area contributed by atoms with Crippen LogP contribution in [0.5, 0.6) is 5.75 Å². The summed E-state index contributed by atoms with van der Waals surface area (Å²) in [6.45, 7) is 4.47. The molecule has 1 saturated heterocycles. The largest absolute Gasteiger partial charge is 0.493 e. The number of carbonyl (C=O) groups excluding carboxylic acids is 1. The maximum atomic E-state index is 13.6. The van der Waals surface area contributed by atoms with Crippen LogP contribution in [0.25, 0.3) is 10.8 Å². The third-order valence-electron chi connectivity index (χ3n) is 6.55. The molecule has 0 bridgehead atoms. The molecular weight excluding hydrogens is 468 g/mol. The molecule has 1 fully saturated rings. The van der Waals surface area contributed by atoms with E-state index in [0.717, 1.165) is 42.0 Å². The number of amides is 1. The summed E-state index contributed by atoms with van der Waals surface area (Å²) in [5.74, 6) is 0.948. The minimum atomic E-state index is -0.279. The zero-order chi connectivity index (χ0) is 25.6. The number of rotatable bonds is 9. The molecule has 1 amide bonds. The van der Waals surface area contributed by atoms with E-state index in [-0.39, 0.29) is 18.0 Å². The highest BCUT2D eigenvalue weighted by molar-refractivity contribution is 5.83. The number of benzene rings is 2. The van der Waals surface area contributed by atoms with E-state index in [1.165, 1.54) is 4.68 Å². The van der Waals surface area contributed by atoms with Crippen LogP contribution in [0.4, 0.5) is 0 Å². The van der Waals surface area contributed by atoms with Crippen molar-refractivity contribution < 1.29 is 14.3 Å². The molecule has 0 spiro atoms. The van der Waals surface area contributed by atoms with Gasteiger partial charge in [-0.1, -0.05) is 36.4 Å². The number of ether oxygens (including phenoxy) is 2. The quantitative estimate of drug-likeness (QED) is 0.349. The van der Waals surface area contributed by atoms with Crippen molar-refractivity contribution in [3.8, 4) is 5.75 Å². The molecule has 8 heteroatoms. The summed E-state index contributed by atoms with van der Waals surface area (Å²) in [6.07, 6.45) is 2.71. The van der Waals surface area contributed by atoms with E-state index in [4.69, 9.17) is 9.47 Å². The van der Waals surface area contributed by atoms with Gasteiger partial charge < -0.3 is 14.4 Å². The van der Waals surface area contributed by atoms with Crippen LogP contribution in [0.3, 0.4) is 0 Å². The molecule has 1 aliphatic rings. The van der Waals surface area contributed by atoms with Gasteiger partial charge in [-0.3, -0.25) is 14.6 Å². The van der Waals surface area contributed by atoms with Gasteiger partial charge in [0, 0.05) is 30.7 Å². The first kappa shape index (κ1) is 24.6. The lowest BCUT2D eigenvalue weighted by molar-refractivity contribution is -0.133. The fourth-order valence-electron chi connectivity index (χ4n) is 4.54. The molecule has 1 aliphatic heterocycles. The van der Waals surface area contributed by atoms with Crippen LogP contribution in [-0.4, -0.2) is 45.4 Å². The van der Waals surface area contributed by atoms with Gasteiger partial charge in [-0.2, -0.15) is 5.10 Å². The van der Waals surface area contributed by atoms with Crippen molar-refractivity contribution in [1.82, 2.24) is 19.7 Å². The Kier molecular flexibility index (Phi) is 7.56. The van der Waals surface area contributed by atoms with E-state index in [0.29, 0.717) is 36.7 Å². The number of aryl methyl sites for hydroxylation is 1. The van der Waals surface area contributed by atoms with Gasteiger partial charge in [0.1, 0.15) is 12.3 Å². The Balaban J connectivity index is 1.36. The fraction of sp³-hybridized carbons (Fsp3) is 0.310. The monoisotopic (exact) mass is 498 g/mol. The fourth-order valence-corrected chi connectivity index (χ4v) is 4.54. The van der Waals surface area contributed by atoms with Crippen molar-refractivity contribution in [3.63, 3.8) is 0 Å². The zero-order valence-corrected chi connectivity index (χ0v) is 20.9. The Hall–Kier alpha value is -4.04. The molecule has 190 valence electrons.